The van der Waals surface area contributed by atoms with Gasteiger partial charge in [0.2, 0.25) is 0 Å². The van der Waals surface area contributed by atoms with Crippen LogP contribution in [-0.2, 0) is 0 Å². The minimum Gasteiger partial charge on any atom is -0.390 e. The first-order chi connectivity index (χ1) is 6.07. The van der Waals surface area contributed by atoms with Gasteiger partial charge in [-0.05, 0) is 25.2 Å². The van der Waals surface area contributed by atoms with Crippen molar-refractivity contribution in [2.24, 2.45) is 5.92 Å². The van der Waals surface area contributed by atoms with Crippen LogP contribution in [0.2, 0.25) is 0 Å². The van der Waals surface area contributed by atoms with Crippen LogP contribution in [0.1, 0.15) is 52.9 Å². The molecule has 0 aromatic carbocycles. The molecule has 0 aliphatic heterocycles. The molecule has 0 rings (SSSR count). The van der Waals surface area contributed by atoms with Crippen molar-refractivity contribution in [3.8, 4) is 0 Å². The van der Waals surface area contributed by atoms with Crippen LogP contribution >= 0.6 is 0 Å². The maximum Gasteiger partial charge on any atom is 0.0799 e. The molecule has 2 N–H and O–H groups in total. The minimum atomic E-state index is -0.519. The molecule has 0 spiro atoms. The molecule has 0 saturated heterocycles. The second-order valence-electron chi connectivity index (χ2n) is 4.25. The molecule has 2 atom stereocenters. The Balaban J connectivity index is 3.50. The first kappa shape index (κ1) is 12.9. The van der Waals surface area contributed by atoms with Gasteiger partial charge in [0, 0.05) is 0 Å². The molecule has 2 nitrogen and oxygen atoms in total. The fraction of sp³-hybridized carbons (Fsp3) is 1.00. The zero-order valence-corrected chi connectivity index (χ0v) is 9.16. The summed E-state index contributed by atoms with van der Waals surface area (Å²) in [6, 6.07) is 0. The van der Waals surface area contributed by atoms with E-state index in [4.69, 9.17) is 0 Å². The first-order valence-electron chi connectivity index (χ1n) is 5.44. The summed E-state index contributed by atoms with van der Waals surface area (Å²) in [6.45, 7) is 6.35. The molecule has 80 valence electrons. The molecule has 0 aliphatic carbocycles. The molecule has 0 amide bonds. The maximum atomic E-state index is 9.54. The monoisotopic (exact) mass is 188 g/mol. The number of aliphatic hydroxyl groups is 2. The molecule has 0 saturated carbocycles. The Kier molecular flexibility index (Phi) is 7.29. The van der Waals surface area contributed by atoms with Crippen molar-refractivity contribution >= 4 is 0 Å². The number of hydrogen-bond donors (Lipinski definition) is 2. The normalized spacial score (nSPS) is 16.2. The second-order valence-corrected chi connectivity index (χ2v) is 4.25. The van der Waals surface area contributed by atoms with Gasteiger partial charge in [-0.2, -0.15) is 0 Å². The van der Waals surface area contributed by atoms with E-state index >= 15 is 0 Å². The third-order valence-corrected chi connectivity index (χ3v) is 2.34. The van der Waals surface area contributed by atoms with Gasteiger partial charge in [-0.1, -0.05) is 33.6 Å². The quantitative estimate of drug-likeness (QED) is 0.644. The van der Waals surface area contributed by atoms with E-state index in [1.807, 2.05) is 0 Å². The third kappa shape index (κ3) is 7.03. The van der Waals surface area contributed by atoms with E-state index in [1.165, 1.54) is 0 Å². The first-order valence-corrected chi connectivity index (χ1v) is 5.44. The number of rotatable bonds is 7. The van der Waals surface area contributed by atoms with E-state index in [-0.39, 0.29) is 0 Å². The summed E-state index contributed by atoms with van der Waals surface area (Å²) in [5.41, 5.74) is 0. The molecular formula is C11H24O2. The molecule has 0 heterocycles. The Bertz CT molecular complexity index is 113. The van der Waals surface area contributed by atoms with E-state index in [1.54, 1.807) is 0 Å². The Morgan fingerprint density at radius 1 is 0.923 bits per heavy atom. The molecule has 13 heavy (non-hydrogen) atoms. The number of unbranched alkanes of at least 4 members (excludes halogenated alkanes) is 1. The summed E-state index contributed by atoms with van der Waals surface area (Å²) < 4.78 is 0. The van der Waals surface area contributed by atoms with Crippen molar-refractivity contribution in [1.29, 1.82) is 0 Å². The second kappa shape index (κ2) is 7.34. The lowest BCUT2D eigenvalue weighted by Gasteiger charge is -2.18. The summed E-state index contributed by atoms with van der Waals surface area (Å²) in [5.74, 6) is 0.605. The predicted molar refractivity (Wildman–Crippen MR) is 55.6 cm³/mol. The molecular weight excluding hydrogens is 164 g/mol. The summed E-state index contributed by atoms with van der Waals surface area (Å²) in [5, 5.41) is 19.1. The largest absolute Gasteiger partial charge is 0.390 e. The van der Waals surface area contributed by atoms with Crippen molar-refractivity contribution in [2.75, 3.05) is 0 Å². The van der Waals surface area contributed by atoms with Crippen molar-refractivity contribution in [1.82, 2.24) is 0 Å². The smallest absolute Gasteiger partial charge is 0.0799 e. The van der Waals surface area contributed by atoms with E-state index in [9.17, 15) is 10.2 Å². The SMILES string of the molecule is CCCCC(O)C(O)CCC(C)C. The molecule has 2 heteroatoms. The van der Waals surface area contributed by atoms with Crippen molar-refractivity contribution < 1.29 is 10.2 Å². The van der Waals surface area contributed by atoms with Gasteiger partial charge >= 0.3 is 0 Å². The highest BCUT2D eigenvalue weighted by Gasteiger charge is 2.15. The van der Waals surface area contributed by atoms with E-state index in [0.717, 1.165) is 32.1 Å². The summed E-state index contributed by atoms with van der Waals surface area (Å²) in [4.78, 5) is 0. The molecule has 2 unspecified atom stereocenters. The van der Waals surface area contributed by atoms with Gasteiger partial charge in [-0.3, -0.25) is 0 Å². The minimum absolute atomic E-state index is 0.515. The van der Waals surface area contributed by atoms with Crippen molar-refractivity contribution in [2.45, 2.75) is 65.1 Å². The van der Waals surface area contributed by atoms with E-state index < -0.39 is 12.2 Å². The number of hydrogen-bond acceptors (Lipinski definition) is 2. The summed E-state index contributed by atoms with van der Waals surface area (Å²) >= 11 is 0. The van der Waals surface area contributed by atoms with Gasteiger partial charge in [0.25, 0.3) is 0 Å². The van der Waals surface area contributed by atoms with Crippen molar-refractivity contribution in [3.05, 3.63) is 0 Å². The lowest BCUT2D eigenvalue weighted by Crippen LogP contribution is -2.26. The lowest BCUT2D eigenvalue weighted by molar-refractivity contribution is 0.00602. The molecule has 0 radical (unpaired) electrons. The van der Waals surface area contributed by atoms with Gasteiger partial charge in [0.15, 0.2) is 0 Å². The van der Waals surface area contributed by atoms with Gasteiger partial charge in [-0.25, -0.2) is 0 Å². The van der Waals surface area contributed by atoms with Gasteiger partial charge in [0.1, 0.15) is 0 Å². The van der Waals surface area contributed by atoms with Crippen LogP contribution in [0.5, 0.6) is 0 Å². The van der Waals surface area contributed by atoms with Crippen LogP contribution in [0, 0.1) is 5.92 Å². The highest BCUT2D eigenvalue weighted by molar-refractivity contribution is 4.67. The molecule has 0 aliphatic rings. The van der Waals surface area contributed by atoms with E-state index in [0.29, 0.717) is 5.92 Å². The van der Waals surface area contributed by atoms with Crippen LogP contribution < -0.4 is 0 Å². The highest BCUT2D eigenvalue weighted by Crippen LogP contribution is 2.12. The zero-order chi connectivity index (χ0) is 10.3. The van der Waals surface area contributed by atoms with Crippen LogP contribution in [-0.4, -0.2) is 22.4 Å². The predicted octanol–water partition coefficient (Wildman–Crippen LogP) is 2.33. The maximum absolute atomic E-state index is 9.54. The lowest BCUT2D eigenvalue weighted by atomic mass is 9.99. The zero-order valence-electron chi connectivity index (χ0n) is 9.16. The Morgan fingerprint density at radius 3 is 1.92 bits per heavy atom. The highest BCUT2D eigenvalue weighted by atomic mass is 16.3. The van der Waals surface area contributed by atoms with Crippen LogP contribution in [0.4, 0.5) is 0 Å². The molecule has 0 bridgehead atoms. The summed E-state index contributed by atoms with van der Waals surface area (Å²) in [7, 11) is 0. The van der Waals surface area contributed by atoms with Gasteiger partial charge in [-0.15, -0.1) is 0 Å². The average Bonchev–Trinajstić information content (AvgIpc) is 2.10. The Morgan fingerprint density at radius 2 is 1.46 bits per heavy atom. The van der Waals surface area contributed by atoms with Crippen molar-refractivity contribution in [3.63, 3.8) is 0 Å². The fourth-order valence-corrected chi connectivity index (χ4v) is 1.30. The third-order valence-electron chi connectivity index (χ3n) is 2.34. The van der Waals surface area contributed by atoms with E-state index in [2.05, 4.69) is 20.8 Å². The Labute approximate surface area is 82.0 Å². The van der Waals surface area contributed by atoms with Crippen LogP contribution in [0.25, 0.3) is 0 Å². The van der Waals surface area contributed by atoms with Crippen LogP contribution in [0.3, 0.4) is 0 Å². The fourth-order valence-electron chi connectivity index (χ4n) is 1.30. The molecule has 0 fully saturated rings. The van der Waals surface area contributed by atoms with Gasteiger partial charge in [0.05, 0.1) is 12.2 Å². The topological polar surface area (TPSA) is 40.5 Å². The van der Waals surface area contributed by atoms with Gasteiger partial charge < -0.3 is 10.2 Å². The standard InChI is InChI=1S/C11H24O2/c1-4-5-6-10(12)11(13)8-7-9(2)3/h9-13H,4-8H2,1-3H3. The average molecular weight is 188 g/mol. The molecule has 0 aromatic heterocycles. The summed E-state index contributed by atoms with van der Waals surface area (Å²) in [6.07, 6.45) is 3.49. The van der Waals surface area contributed by atoms with Crippen LogP contribution in [0.15, 0.2) is 0 Å². The Hall–Kier alpha value is -0.0800. The number of aliphatic hydroxyl groups excluding tert-OH is 2. The molecule has 0 aromatic rings.